The maximum Gasteiger partial charge on any atom is 0.255 e. The first-order valence-electron chi connectivity index (χ1n) is 10.5. The molecule has 0 radical (unpaired) electrons. The van der Waals surface area contributed by atoms with Gasteiger partial charge in [-0.3, -0.25) is 9.59 Å². The summed E-state index contributed by atoms with van der Waals surface area (Å²) in [5, 5.41) is 10.0. The van der Waals surface area contributed by atoms with Gasteiger partial charge >= 0.3 is 0 Å². The summed E-state index contributed by atoms with van der Waals surface area (Å²) in [4.78, 5) is 24.8. The Morgan fingerprint density at radius 1 is 0.909 bits per heavy atom. The lowest BCUT2D eigenvalue weighted by Crippen LogP contribution is -2.24. The van der Waals surface area contributed by atoms with Gasteiger partial charge in [0.1, 0.15) is 5.75 Å². The molecule has 2 N–H and O–H groups in total. The number of nitrogens with zero attached hydrogens (tertiary/aromatic N) is 2. The van der Waals surface area contributed by atoms with Gasteiger partial charge in [0.2, 0.25) is 5.91 Å². The number of rotatable bonds is 8. The molecule has 166 valence electrons. The second-order valence-electron chi connectivity index (χ2n) is 7.46. The van der Waals surface area contributed by atoms with E-state index in [1.165, 1.54) is 0 Å². The molecule has 1 aromatic heterocycles. The zero-order chi connectivity index (χ0) is 23.0. The van der Waals surface area contributed by atoms with Crippen LogP contribution in [-0.2, 0) is 17.8 Å². The Bertz CT molecular complexity index is 1220. The summed E-state index contributed by atoms with van der Waals surface area (Å²) in [6.07, 6.45) is 3.67. The highest BCUT2D eigenvalue weighted by molar-refractivity contribution is 6.04. The molecular formula is C26H24N4O3. The van der Waals surface area contributed by atoms with Gasteiger partial charge in [0.25, 0.3) is 5.91 Å². The number of carbonyl (C=O) groups is 2. The third kappa shape index (κ3) is 5.86. The van der Waals surface area contributed by atoms with Crippen molar-refractivity contribution >= 4 is 17.5 Å². The van der Waals surface area contributed by atoms with E-state index in [-0.39, 0.29) is 11.8 Å². The van der Waals surface area contributed by atoms with Gasteiger partial charge in [-0.25, -0.2) is 4.68 Å². The van der Waals surface area contributed by atoms with Crippen LogP contribution in [-0.4, -0.2) is 28.7 Å². The van der Waals surface area contributed by atoms with Crippen LogP contribution < -0.4 is 15.4 Å². The lowest BCUT2D eigenvalue weighted by atomic mass is 10.1. The van der Waals surface area contributed by atoms with Crippen molar-refractivity contribution in [3.8, 4) is 11.4 Å². The van der Waals surface area contributed by atoms with Crippen LogP contribution in [0.3, 0.4) is 0 Å². The third-order valence-corrected chi connectivity index (χ3v) is 5.09. The second kappa shape index (κ2) is 10.3. The van der Waals surface area contributed by atoms with E-state index in [4.69, 9.17) is 4.74 Å². The van der Waals surface area contributed by atoms with Crippen LogP contribution in [0.25, 0.3) is 5.69 Å². The fourth-order valence-corrected chi connectivity index (χ4v) is 3.28. The van der Waals surface area contributed by atoms with E-state index in [0.29, 0.717) is 24.2 Å². The van der Waals surface area contributed by atoms with Gasteiger partial charge < -0.3 is 15.4 Å². The number of amides is 2. The van der Waals surface area contributed by atoms with Gasteiger partial charge in [-0.05, 0) is 47.5 Å². The summed E-state index contributed by atoms with van der Waals surface area (Å²) >= 11 is 0. The van der Waals surface area contributed by atoms with Crippen LogP contribution >= 0.6 is 0 Å². The number of methoxy groups -OCH3 is 1. The van der Waals surface area contributed by atoms with Crippen molar-refractivity contribution in [1.82, 2.24) is 15.1 Å². The first-order valence-corrected chi connectivity index (χ1v) is 10.5. The number of ether oxygens (including phenoxy) is 1. The molecule has 0 aliphatic rings. The van der Waals surface area contributed by atoms with Crippen LogP contribution in [0.5, 0.6) is 5.75 Å². The van der Waals surface area contributed by atoms with Crippen LogP contribution in [0.2, 0.25) is 0 Å². The Morgan fingerprint density at radius 2 is 1.61 bits per heavy atom. The minimum atomic E-state index is -0.224. The number of hydrogen-bond acceptors (Lipinski definition) is 4. The Labute approximate surface area is 192 Å². The molecule has 4 aromatic rings. The van der Waals surface area contributed by atoms with Crippen molar-refractivity contribution in [2.45, 2.75) is 13.0 Å². The van der Waals surface area contributed by atoms with Crippen molar-refractivity contribution in [3.63, 3.8) is 0 Å². The minimum absolute atomic E-state index is 0.0718. The van der Waals surface area contributed by atoms with Crippen molar-refractivity contribution in [1.29, 1.82) is 0 Å². The molecule has 0 spiro atoms. The maximum absolute atomic E-state index is 12.6. The summed E-state index contributed by atoms with van der Waals surface area (Å²) in [7, 11) is 1.61. The SMILES string of the molecule is COc1ccc(CC(=O)NCc2ccc(C(=O)Nc3cnn(-c4ccccc4)c3)cc2)cc1. The van der Waals surface area contributed by atoms with Crippen LogP contribution in [0.1, 0.15) is 21.5 Å². The first-order chi connectivity index (χ1) is 16.1. The number of para-hydroxylation sites is 1. The highest BCUT2D eigenvalue weighted by Crippen LogP contribution is 2.14. The fraction of sp³-hybridized carbons (Fsp3) is 0.115. The summed E-state index contributed by atoms with van der Waals surface area (Å²) in [5.74, 6) is 0.462. The molecule has 0 aliphatic heterocycles. The van der Waals surface area contributed by atoms with Gasteiger partial charge in [0.05, 0.1) is 37.3 Å². The Morgan fingerprint density at radius 3 is 2.30 bits per heavy atom. The topological polar surface area (TPSA) is 85.2 Å². The summed E-state index contributed by atoms with van der Waals surface area (Å²) in [6, 6.07) is 24.2. The van der Waals surface area contributed by atoms with Crippen molar-refractivity contribution in [2.24, 2.45) is 0 Å². The molecule has 3 aromatic carbocycles. The number of nitrogens with one attached hydrogen (secondary N) is 2. The molecule has 0 aliphatic carbocycles. The van der Waals surface area contributed by atoms with E-state index in [1.807, 2.05) is 66.7 Å². The zero-order valence-electron chi connectivity index (χ0n) is 18.2. The first kappa shape index (κ1) is 21.8. The van der Waals surface area contributed by atoms with Gasteiger partial charge in [0, 0.05) is 12.1 Å². The molecule has 4 rings (SSSR count). The lowest BCUT2D eigenvalue weighted by molar-refractivity contribution is -0.120. The molecular weight excluding hydrogens is 416 g/mol. The van der Waals surface area contributed by atoms with Crippen molar-refractivity contribution in [2.75, 3.05) is 12.4 Å². The number of hydrogen-bond donors (Lipinski definition) is 2. The number of aromatic nitrogens is 2. The monoisotopic (exact) mass is 440 g/mol. The number of benzene rings is 3. The molecule has 7 nitrogen and oxygen atoms in total. The molecule has 1 heterocycles. The molecule has 0 atom stereocenters. The number of carbonyl (C=O) groups excluding carboxylic acids is 2. The molecule has 0 saturated heterocycles. The van der Waals surface area contributed by atoms with Gasteiger partial charge in [-0.1, -0.05) is 42.5 Å². The highest BCUT2D eigenvalue weighted by atomic mass is 16.5. The largest absolute Gasteiger partial charge is 0.497 e. The van der Waals surface area contributed by atoms with Crippen LogP contribution in [0, 0.1) is 0 Å². The molecule has 2 amide bonds. The molecule has 0 saturated carbocycles. The van der Waals surface area contributed by atoms with Crippen LogP contribution in [0.15, 0.2) is 91.3 Å². The molecule has 33 heavy (non-hydrogen) atoms. The zero-order valence-corrected chi connectivity index (χ0v) is 18.2. The molecule has 0 bridgehead atoms. The summed E-state index contributed by atoms with van der Waals surface area (Å²) in [6.45, 7) is 0.390. The van der Waals surface area contributed by atoms with Crippen LogP contribution in [0.4, 0.5) is 5.69 Å². The second-order valence-corrected chi connectivity index (χ2v) is 7.46. The molecule has 7 heteroatoms. The van der Waals surface area contributed by atoms with E-state index < -0.39 is 0 Å². The summed E-state index contributed by atoms with van der Waals surface area (Å²) < 4.78 is 6.83. The van der Waals surface area contributed by atoms with Gasteiger partial charge in [-0.2, -0.15) is 5.10 Å². The number of anilines is 1. The summed E-state index contributed by atoms with van der Waals surface area (Å²) in [5.41, 5.74) is 3.87. The lowest BCUT2D eigenvalue weighted by Gasteiger charge is -2.08. The van der Waals surface area contributed by atoms with E-state index in [9.17, 15) is 9.59 Å². The van der Waals surface area contributed by atoms with Gasteiger partial charge in [-0.15, -0.1) is 0 Å². The maximum atomic E-state index is 12.6. The Balaban J connectivity index is 1.28. The molecule has 0 unspecified atom stereocenters. The average Bonchev–Trinajstić information content (AvgIpc) is 3.32. The Hall–Kier alpha value is -4.39. The third-order valence-electron chi connectivity index (χ3n) is 5.09. The quantitative estimate of drug-likeness (QED) is 0.434. The average molecular weight is 441 g/mol. The van der Waals surface area contributed by atoms with E-state index in [2.05, 4.69) is 15.7 Å². The smallest absolute Gasteiger partial charge is 0.255 e. The normalized spacial score (nSPS) is 10.5. The van der Waals surface area contributed by atoms with Crippen molar-refractivity contribution < 1.29 is 14.3 Å². The standard InChI is InChI=1S/C26H24N4O3/c1-33-24-13-9-19(10-14-24)15-25(31)27-16-20-7-11-21(12-8-20)26(32)29-22-17-28-30(18-22)23-5-3-2-4-6-23/h2-14,17-18H,15-16H2,1H3,(H,27,31)(H,29,32). The Kier molecular flexibility index (Phi) is 6.80. The van der Waals surface area contributed by atoms with E-state index in [1.54, 1.807) is 36.3 Å². The predicted molar refractivity (Wildman–Crippen MR) is 127 cm³/mol. The minimum Gasteiger partial charge on any atom is -0.497 e. The predicted octanol–water partition coefficient (Wildman–Crippen LogP) is 3.99. The van der Waals surface area contributed by atoms with E-state index >= 15 is 0 Å². The van der Waals surface area contributed by atoms with Crippen molar-refractivity contribution in [3.05, 3.63) is 108 Å². The van der Waals surface area contributed by atoms with E-state index in [0.717, 1.165) is 22.6 Å². The van der Waals surface area contributed by atoms with Gasteiger partial charge in [0.15, 0.2) is 0 Å². The fourth-order valence-electron chi connectivity index (χ4n) is 3.28. The highest BCUT2D eigenvalue weighted by Gasteiger charge is 2.09. The molecule has 0 fully saturated rings.